The van der Waals surface area contributed by atoms with Gasteiger partial charge >= 0.3 is 0 Å². The Morgan fingerprint density at radius 1 is 1.28 bits per heavy atom. The number of rotatable bonds is 5. The van der Waals surface area contributed by atoms with E-state index in [-0.39, 0.29) is 17.0 Å². The first kappa shape index (κ1) is 19.2. The lowest BCUT2D eigenvalue weighted by Gasteiger charge is -2.26. The van der Waals surface area contributed by atoms with Gasteiger partial charge < -0.3 is 15.0 Å². The number of aromatic nitrogens is 1. The average molecular weight is 394 g/mol. The van der Waals surface area contributed by atoms with E-state index in [2.05, 4.69) is 5.32 Å². The number of aromatic hydroxyl groups is 1. The number of carbonyl (C=O) groups excluding carboxylic acids is 1. The Morgan fingerprint density at radius 3 is 2.79 bits per heavy atom. The van der Waals surface area contributed by atoms with Gasteiger partial charge in [0, 0.05) is 18.0 Å². The summed E-state index contributed by atoms with van der Waals surface area (Å²) in [5.74, 6) is -1.57. The van der Waals surface area contributed by atoms with Crippen LogP contribution in [0.1, 0.15) is 47.3 Å². The quantitative estimate of drug-likeness (QED) is 0.648. The van der Waals surface area contributed by atoms with Crippen molar-refractivity contribution in [3.63, 3.8) is 0 Å². The molecule has 1 aromatic heterocycles. The maximum atomic E-state index is 14.1. The summed E-state index contributed by atoms with van der Waals surface area (Å²) in [7, 11) is 0. The third kappa shape index (κ3) is 3.50. The molecule has 0 spiro atoms. The van der Waals surface area contributed by atoms with E-state index in [9.17, 15) is 19.1 Å². The lowest BCUT2D eigenvalue weighted by molar-refractivity contribution is 0.0948. The molecule has 6 heteroatoms. The number of amides is 1. The molecule has 3 aromatic rings. The summed E-state index contributed by atoms with van der Waals surface area (Å²) < 4.78 is 15.6. The van der Waals surface area contributed by atoms with E-state index in [1.54, 1.807) is 0 Å². The number of nitrogens with zero attached hydrogens (tertiary/aromatic N) is 1. The van der Waals surface area contributed by atoms with Crippen LogP contribution >= 0.6 is 0 Å². The van der Waals surface area contributed by atoms with Crippen molar-refractivity contribution in [2.75, 3.05) is 6.54 Å². The molecule has 1 aliphatic heterocycles. The van der Waals surface area contributed by atoms with E-state index in [1.807, 2.05) is 37.3 Å². The van der Waals surface area contributed by atoms with Gasteiger partial charge in [0.2, 0.25) is 0 Å². The van der Waals surface area contributed by atoms with Gasteiger partial charge in [0.05, 0.1) is 5.52 Å². The molecule has 1 aliphatic rings. The van der Waals surface area contributed by atoms with E-state index in [4.69, 9.17) is 0 Å². The summed E-state index contributed by atoms with van der Waals surface area (Å²) in [4.78, 5) is 25.8. The summed E-state index contributed by atoms with van der Waals surface area (Å²) >= 11 is 0. The van der Waals surface area contributed by atoms with E-state index >= 15 is 0 Å². The Labute approximate surface area is 167 Å². The number of aryl methyl sites for hydroxylation is 2. The molecule has 0 unspecified atom stereocenters. The first-order chi connectivity index (χ1) is 14.0. The van der Waals surface area contributed by atoms with Crippen LogP contribution in [-0.4, -0.2) is 22.1 Å². The van der Waals surface area contributed by atoms with Crippen molar-refractivity contribution in [1.29, 1.82) is 0 Å². The molecule has 0 radical (unpaired) electrons. The summed E-state index contributed by atoms with van der Waals surface area (Å²) in [5, 5.41) is 13.6. The van der Waals surface area contributed by atoms with Gasteiger partial charge in [0.15, 0.2) is 0 Å². The van der Waals surface area contributed by atoms with E-state index < -0.39 is 23.0 Å². The molecule has 29 heavy (non-hydrogen) atoms. The molecule has 5 nitrogen and oxygen atoms in total. The van der Waals surface area contributed by atoms with Gasteiger partial charge in [-0.2, -0.15) is 0 Å². The van der Waals surface area contributed by atoms with Gasteiger partial charge in [0.25, 0.3) is 11.5 Å². The third-order valence-electron chi connectivity index (χ3n) is 5.59. The highest BCUT2D eigenvalue weighted by Gasteiger charge is 2.28. The minimum absolute atomic E-state index is 0.131. The lowest BCUT2D eigenvalue weighted by atomic mass is 9.95. The molecule has 0 saturated carbocycles. The highest BCUT2D eigenvalue weighted by molar-refractivity contribution is 6.03. The van der Waals surface area contributed by atoms with Gasteiger partial charge in [-0.15, -0.1) is 0 Å². The maximum absolute atomic E-state index is 14.1. The largest absolute Gasteiger partial charge is 0.506 e. The molecule has 1 atom stereocenters. The zero-order valence-electron chi connectivity index (χ0n) is 16.2. The van der Waals surface area contributed by atoms with E-state index in [0.29, 0.717) is 36.9 Å². The van der Waals surface area contributed by atoms with Crippen molar-refractivity contribution in [2.24, 2.45) is 0 Å². The van der Waals surface area contributed by atoms with E-state index in [0.717, 1.165) is 12.0 Å². The molecular formula is C23H23FN2O3. The van der Waals surface area contributed by atoms with Gasteiger partial charge in [-0.05, 0) is 55.9 Å². The second-order valence-corrected chi connectivity index (χ2v) is 7.59. The van der Waals surface area contributed by atoms with Crippen LogP contribution in [0.4, 0.5) is 4.39 Å². The predicted octanol–water partition coefficient (Wildman–Crippen LogP) is 3.72. The smallest absolute Gasteiger partial charge is 0.267 e. The lowest BCUT2D eigenvalue weighted by Crippen LogP contribution is -2.36. The van der Waals surface area contributed by atoms with Crippen molar-refractivity contribution in [3.05, 3.63) is 75.3 Å². The fraction of sp³-hybridized carbons (Fsp3) is 0.304. The highest BCUT2D eigenvalue weighted by atomic mass is 19.1. The Bertz CT molecular complexity index is 1140. The van der Waals surface area contributed by atoms with Crippen LogP contribution in [-0.2, 0) is 12.8 Å². The predicted molar refractivity (Wildman–Crippen MR) is 110 cm³/mol. The van der Waals surface area contributed by atoms with Crippen molar-refractivity contribution >= 4 is 16.8 Å². The molecule has 2 heterocycles. The topological polar surface area (TPSA) is 71.3 Å². The van der Waals surface area contributed by atoms with E-state index in [1.165, 1.54) is 16.7 Å². The minimum Gasteiger partial charge on any atom is -0.506 e. The van der Waals surface area contributed by atoms with Crippen LogP contribution in [0.15, 0.2) is 47.3 Å². The number of nitrogens with one attached hydrogen (secondary N) is 1. The summed E-state index contributed by atoms with van der Waals surface area (Å²) in [6.07, 6.45) is 2.79. The third-order valence-corrected chi connectivity index (χ3v) is 5.59. The summed E-state index contributed by atoms with van der Waals surface area (Å²) in [5.41, 5.74) is 1.52. The van der Waals surface area contributed by atoms with Crippen molar-refractivity contribution in [3.8, 4) is 5.75 Å². The first-order valence-electron chi connectivity index (χ1n) is 9.89. The molecule has 0 fully saturated rings. The van der Waals surface area contributed by atoms with Gasteiger partial charge in [0.1, 0.15) is 17.1 Å². The number of carbonyl (C=O) groups is 1. The molecule has 0 aliphatic carbocycles. The molecular weight excluding hydrogens is 371 g/mol. The number of hydrogen-bond acceptors (Lipinski definition) is 3. The molecule has 1 amide bonds. The standard InChI is InChI=1S/C23H23FN2O3/c1-14-9-10-16-12-17(24)13-18-20(16)26(14)23(29)19(21(18)27)22(28)25-11-5-8-15-6-3-2-4-7-15/h2-4,6-7,12-14,27H,5,8-11H2,1H3,(H,25,28)/t14-/m0/s1. The average Bonchev–Trinajstić information content (AvgIpc) is 2.71. The van der Waals surface area contributed by atoms with Crippen molar-refractivity contribution < 1.29 is 14.3 Å². The van der Waals surface area contributed by atoms with Crippen LogP contribution in [0.5, 0.6) is 5.75 Å². The van der Waals surface area contributed by atoms with Crippen molar-refractivity contribution in [2.45, 2.75) is 38.6 Å². The van der Waals surface area contributed by atoms with Crippen LogP contribution in [0, 0.1) is 5.82 Å². The number of benzene rings is 2. The Morgan fingerprint density at radius 2 is 2.03 bits per heavy atom. The van der Waals surface area contributed by atoms with Gasteiger partial charge in [-0.3, -0.25) is 9.59 Å². The molecule has 4 rings (SSSR count). The monoisotopic (exact) mass is 394 g/mol. The fourth-order valence-corrected chi connectivity index (χ4v) is 4.12. The van der Waals surface area contributed by atoms with Crippen LogP contribution < -0.4 is 10.9 Å². The van der Waals surface area contributed by atoms with Crippen LogP contribution in [0.3, 0.4) is 0 Å². The Kier molecular flexibility index (Phi) is 5.09. The molecule has 150 valence electrons. The molecule has 0 saturated heterocycles. The Balaban J connectivity index is 1.63. The summed E-state index contributed by atoms with van der Waals surface area (Å²) in [6.45, 7) is 2.26. The molecule has 2 N–H and O–H groups in total. The highest BCUT2D eigenvalue weighted by Crippen LogP contribution is 2.35. The Hall–Kier alpha value is -3.15. The minimum atomic E-state index is -0.630. The van der Waals surface area contributed by atoms with Gasteiger partial charge in [-0.25, -0.2) is 4.39 Å². The molecule has 2 aromatic carbocycles. The second kappa shape index (κ2) is 7.70. The SMILES string of the molecule is C[C@H]1CCc2cc(F)cc3c(O)c(C(=O)NCCCc4ccccc4)c(=O)n1c23. The summed E-state index contributed by atoms with van der Waals surface area (Å²) in [6, 6.07) is 12.4. The normalized spacial score (nSPS) is 15.4. The van der Waals surface area contributed by atoms with Crippen LogP contribution in [0.25, 0.3) is 10.9 Å². The zero-order valence-corrected chi connectivity index (χ0v) is 16.2. The fourth-order valence-electron chi connectivity index (χ4n) is 4.12. The van der Waals surface area contributed by atoms with Gasteiger partial charge in [-0.1, -0.05) is 30.3 Å². The maximum Gasteiger partial charge on any atom is 0.267 e. The number of hydrogen-bond donors (Lipinski definition) is 2. The number of pyridine rings is 1. The molecule has 0 bridgehead atoms. The first-order valence-corrected chi connectivity index (χ1v) is 9.89. The second-order valence-electron chi connectivity index (χ2n) is 7.59. The number of halogens is 1. The van der Waals surface area contributed by atoms with Crippen molar-refractivity contribution in [1.82, 2.24) is 9.88 Å². The van der Waals surface area contributed by atoms with Crippen LogP contribution in [0.2, 0.25) is 0 Å². The zero-order chi connectivity index (χ0) is 20.5.